The fourth-order valence-corrected chi connectivity index (χ4v) is 1.32. The molecule has 0 spiro atoms. The van der Waals surface area contributed by atoms with Crippen molar-refractivity contribution in [1.29, 1.82) is 0 Å². The van der Waals surface area contributed by atoms with Gasteiger partial charge >= 0.3 is 0 Å². The molecule has 17 heavy (non-hydrogen) atoms. The number of rotatable bonds is 10. The Bertz CT molecular complexity index is 177. The summed E-state index contributed by atoms with van der Waals surface area (Å²) in [5.41, 5.74) is 0. The molecule has 6 heteroatoms. The van der Waals surface area contributed by atoms with Gasteiger partial charge in [-0.05, 0) is 6.42 Å². The second-order valence-corrected chi connectivity index (χ2v) is 4.08. The molecule has 0 aliphatic carbocycles. The minimum absolute atomic E-state index is 0.111. The Balaban J connectivity index is 3.76. The van der Waals surface area contributed by atoms with E-state index in [0.29, 0.717) is 6.61 Å². The minimum Gasteiger partial charge on any atom is -0.394 e. The maximum atomic E-state index is 9.46. The summed E-state index contributed by atoms with van der Waals surface area (Å²) in [4.78, 5) is 0. The van der Waals surface area contributed by atoms with Gasteiger partial charge in [0.15, 0.2) is 0 Å². The van der Waals surface area contributed by atoms with Crippen molar-refractivity contribution < 1.29 is 30.3 Å². The maximum Gasteiger partial charge on any atom is 0.111 e. The smallest absolute Gasteiger partial charge is 0.111 e. The van der Waals surface area contributed by atoms with Crippen LogP contribution >= 0.6 is 0 Å². The first-order valence-corrected chi connectivity index (χ1v) is 5.95. The lowest BCUT2D eigenvalue weighted by molar-refractivity contribution is -0.129. The maximum absolute atomic E-state index is 9.46. The summed E-state index contributed by atoms with van der Waals surface area (Å²) in [6.45, 7) is 1.75. The largest absolute Gasteiger partial charge is 0.394 e. The highest BCUT2D eigenvalue weighted by Gasteiger charge is 2.29. The fraction of sp³-hybridized carbons (Fsp3) is 1.00. The molecule has 5 N–H and O–H groups in total. The minimum atomic E-state index is -1.59. The zero-order valence-electron chi connectivity index (χ0n) is 10.2. The Kier molecular flexibility index (Phi) is 9.62. The number of hydrogen-bond donors (Lipinski definition) is 5. The SMILES string of the molecule is CCCCCOC[C@H](O)[C@@H](O)[C@H](O)[C@H](O)CO. The van der Waals surface area contributed by atoms with Gasteiger partial charge in [0.05, 0.1) is 13.2 Å². The lowest BCUT2D eigenvalue weighted by Gasteiger charge is -2.25. The summed E-state index contributed by atoms with van der Waals surface area (Å²) >= 11 is 0. The van der Waals surface area contributed by atoms with Crippen LogP contribution in [0.15, 0.2) is 0 Å². The zero-order valence-corrected chi connectivity index (χ0v) is 10.2. The van der Waals surface area contributed by atoms with Crippen LogP contribution < -0.4 is 0 Å². The molecule has 0 heterocycles. The van der Waals surface area contributed by atoms with Crippen molar-refractivity contribution in [3.05, 3.63) is 0 Å². The molecule has 0 aromatic heterocycles. The molecule has 6 nitrogen and oxygen atoms in total. The van der Waals surface area contributed by atoms with Crippen molar-refractivity contribution in [3.8, 4) is 0 Å². The van der Waals surface area contributed by atoms with E-state index in [1.54, 1.807) is 0 Å². The first-order valence-electron chi connectivity index (χ1n) is 5.95. The van der Waals surface area contributed by atoms with Gasteiger partial charge in [-0.25, -0.2) is 0 Å². The van der Waals surface area contributed by atoms with Crippen molar-refractivity contribution >= 4 is 0 Å². The molecule has 0 radical (unpaired) electrons. The second kappa shape index (κ2) is 9.76. The van der Waals surface area contributed by atoms with Crippen molar-refractivity contribution in [2.75, 3.05) is 19.8 Å². The summed E-state index contributed by atoms with van der Waals surface area (Å²) in [7, 11) is 0. The normalized spacial score (nSPS) is 18.7. The third-order valence-corrected chi connectivity index (χ3v) is 2.51. The van der Waals surface area contributed by atoms with Crippen molar-refractivity contribution in [1.82, 2.24) is 0 Å². The molecule has 0 saturated heterocycles. The molecule has 0 aliphatic heterocycles. The van der Waals surface area contributed by atoms with E-state index in [1.165, 1.54) is 0 Å². The number of hydrogen-bond acceptors (Lipinski definition) is 6. The van der Waals surface area contributed by atoms with Crippen LogP contribution in [-0.2, 0) is 4.74 Å². The highest BCUT2D eigenvalue weighted by molar-refractivity contribution is 4.80. The van der Waals surface area contributed by atoms with Gasteiger partial charge in [0.2, 0.25) is 0 Å². The third kappa shape index (κ3) is 6.92. The van der Waals surface area contributed by atoms with Crippen LogP contribution in [-0.4, -0.2) is 69.8 Å². The van der Waals surface area contributed by atoms with Crippen LogP contribution in [0.4, 0.5) is 0 Å². The van der Waals surface area contributed by atoms with E-state index in [0.717, 1.165) is 19.3 Å². The quantitative estimate of drug-likeness (QED) is 0.307. The van der Waals surface area contributed by atoms with Gasteiger partial charge in [-0.15, -0.1) is 0 Å². The summed E-state index contributed by atoms with van der Waals surface area (Å²) in [5.74, 6) is 0. The molecule has 4 atom stereocenters. The number of aliphatic hydroxyl groups is 5. The van der Waals surface area contributed by atoms with Gasteiger partial charge in [0.25, 0.3) is 0 Å². The predicted octanol–water partition coefficient (Wildman–Crippen LogP) is -1.37. The molecular formula is C11H24O6. The Labute approximate surface area is 101 Å². The van der Waals surface area contributed by atoms with Gasteiger partial charge < -0.3 is 30.3 Å². The topological polar surface area (TPSA) is 110 Å². The van der Waals surface area contributed by atoms with Gasteiger partial charge in [-0.3, -0.25) is 0 Å². The van der Waals surface area contributed by atoms with Crippen LogP contribution in [0.2, 0.25) is 0 Å². The Morgan fingerprint density at radius 2 is 1.53 bits per heavy atom. The van der Waals surface area contributed by atoms with E-state index < -0.39 is 31.0 Å². The van der Waals surface area contributed by atoms with Crippen molar-refractivity contribution in [2.24, 2.45) is 0 Å². The summed E-state index contributed by atoms with van der Waals surface area (Å²) in [6, 6.07) is 0. The summed E-state index contributed by atoms with van der Waals surface area (Å²) in [5, 5.41) is 45.9. The van der Waals surface area contributed by atoms with Crippen LogP contribution in [0, 0.1) is 0 Å². The molecule has 104 valence electrons. The van der Waals surface area contributed by atoms with Crippen LogP contribution in [0.1, 0.15) is 26.2 Å². The van der Waals surface area contributed by atoms with Gasteiger partial charge in [-0.2, -0.15) is 0 Å². The standard InChI is InChI=1S/C11H24O6/c1-2-3-4-5-17-7-9(14)11(16)10(15)8(13)6-12/h8-16H,2-7H2,1H3/t8-,9+,10-,11-/m1/s1. The molecule has 0 amide bonds. The molecule has 0 aliphatic rings. The monoisotopic (exact) mass is 252 g/mol. The van der Waals surface area contributed by atoms with E-state index in [4.69, 9.17) is 14.9 Å². The number of ether oxygens (including phenoxy) is 1. The fourth-order valence-electron chi connectivity index (χ4n) is 1.32. The van der Waals surface area contributed by atoms with Gasteiger partial charge in [0, 0.05) is 6.61 Å². The van der Waals surface area contributed by atoms with Crippen molar-refractivity contribution in [3.63, 3.8) is 0 Å². The first kappa shape index (κ1) is 16.8. The molecule has 0 fully saturated rings. The lowest BCUT2D eigenvalue weighted by atomic mass is 10.0. The van der Waals surface area contributed by atoms with Crippen LogP contribution in [0.5, 0.6) is 0 Å². The van der Waals surface area contributed by atoms with E-state index in [1.807, 2.05) is 0 Å². The van der Waals surface area contributed by atoms with Crippen molar-refractivity contribution in [2.45, 2.75) is 50.6 Å². The van der Waals surface area contributed by atoms with E-state index in [2.05, 4.69) is 6.92 Å². The Morgan fingerprint density at radius 3 is 2.06 bits per heavy atom. The third-order valence-electron chi connectivity index (χ3n) is 2.51. The molecule has 0 aromatic rings. The van der Waals surface area contributed by atoms with Crippen LogP contribution in [0.3, 0.4) is 0 Å². The molecule has 0 rings (SSSR count). The van der Waals surface area contributed by atoms with E-state index in [-0.39, 0.29) is 6.61 Å². The Hall–Kier alpha value is -0.240. The van der Waals surface area contributed by atoms with E-state index >= 15 is 0 Å². The summed E-state index contributed by atoms with van der Waals surface area (Å²) < 4.78 is 5.12. The van der Waals surface area contributed by atoms with E-state index in [9.17, 15) is 15.3 Å². The van der Waals surface area contributed by atoms with Gasteiger partial charge in [0.1, 0.15) is 24.4 Å². The zero-order chi connectivity index (χ0) is 13.3. The van der Waals surface area contributed by atoms with Crippen LogP contribution in [0.25, 0.3) is 0 Å². The first-order chi connectivity index (χ1) is 8.04. The number of aliphatic hydroxyl groups excluding tert-OH is 5. The lowest BCUT2D eigenvalue weighted by Crippen LogP contribution is -2.47. The highest BCUT2D eigenvalue weighted by atomic mass is 16.5. The second-order valence-electron chi connectivity index (χ2n) is 4.08. The average Bonchev–Trinajstić information content (AvgIpc) is 2.35. The summed E-state index contributed by atoms with van der Waals surface area (Å²) in [6.07, 6.45) is -2.91. The molecular weight excluding hydrogens is 228 g/mol. The van der Waals surface area contributed by atoms with Gasteiger partial charge in [-0.1, -0.05) is 19.8 Å². The molecule has 0 bridgehead atoms. The molecule has 0 aromatic carbocycles. The molecule has 0 unspecified atom stereocenters. The molecule has 0 saturated carbocycles. The predicted molar refractivity (Wildman–Crippen MR) is 61.5 cm³/mol. The number of unbranched alkanes of at least 4 members (excludes halogenated alkanes) is 2. The average molecular weight is 252 g/mol. The highest BCUT2D eigenvalue weighted by Crippen LogP contribution is 2.06. The Morgan fingerprint density at radius 1 is 0.941 bits per heavy atom.